The lowest BCUT2D eigenvalue weighted by Gasteiger charge is -2.03. The summed E-state index contributed by atoms with van der Waals surface area (Å²) in [6.45, 7) is 4.59. The molecule has 0 heterocycles. The van der Waals surface area contributed by atoms with Crippen molar-refractivity contribution in [3.63, 3.8) is 0 Å². The molecule has 162 valence electrons. The van der Waals surface area contributed by atoms with Crippen molar-refractivity contribution in [1.82, 2.24) is 0 Å². The molecule has 0 aliphatic heterocycles. The molecule has 0 saturated carbocycles. The molecule has 0 N–H and O–H groups in total. The van der Waals surface area contributed by atoms with E-state index < -0.39 is 0 Å². The first-order valence-electron chi connectivity index (χ1n) is 13.1. The summed E-state index contributed by atoms with van der Waals surface area (Å²) in [6.07, 6.45) is 37.9. The standard InChI is InChI=1S/C27H54/c1-3-5-7-9-11-13-15-17-19-21-23-25-27-26-24-22-20-18-16-14-12-10-8-6-4-2/h17,19H,3-16,18,20-27H2,1-2H3/b19-17-. The minimum Gasteiger partial charge on any atom is -0.0885 e. The van der Waals surface area contributed by atoms with Gasteiger partial charge < -0.3 is 0 Å². The lowest BCUT2D eigenvalue weighted by molar-refractivity contribution is 0.533. The molecule has 0 unspecified atom stereocenters. The fourth-order valence-corrected chi connectivity index (χ4v) is 3.91. The normalized spacial score (nSPS) is 11.6. The molecule has 0 rings (SSSR count). The molecule has 0 aromatic carbocycles. The second-order valence-corrected chi connectivity index (χ2v) is 8.77. The first-order chi connectivity index (χ1) is 13.4. The molecular formula is C27H54. The van der Waals surface area contributed by atoms with Crippen molar-refractivity contribution in [1.29, 1.82) is 0 Å². The molecule has 0 bridgehead atoms. The molecule has 0 nitrogen and oxygen atoms in total. The molecule has 0 spiro atoms. The third kappa shape index (κ3) is 25.7. The van der Waals surface area contributed by atoms with Crippen LogP contribution in [-0.4, -0.2) is 0 Å². The summed E-state index contributed by atoms with van der Waals surface area (Å²) in [6, 6.07) is 0. The highest BCUT2D eigenvalue weighted by Gasteiger charge is 1.94. The van der Waals surface area contributed by atoms with Gasteiger partial charge in [0.1, 0.15) is 0 Å². The molecule has 0 amide bonds. The van der Waals surface area contributed by atoms with Gasteiger partial charge in [-0.05, 0) is 25.7 Å². The first-order valence-corrected chi connectivity index (χ1v) is 13.1. The number of allylic oxidation sites excluding steroid dienone is 2. The SMILES string of the molecule is CCCCCCCC/C=C\CCCCCCCCCCCCCCCCC. The number of hydrogen-bond donors (Lipinski definition) is 0. The Kier molecular flexibility index (Phi) is 25.5. The molecule has 0 fully saturated rings. The van der Waals surface area contributed by atoms with Gasteiger partial charge in [0.05, 0.1) is 0 Å². The molecule has 0 radical (unpaired) electrons. The Labute approximate surface area is 174 Å². The van der Waals surface area contributed by atoms with Gasteiger partial charge in [-0.15, -0.1) is 0 Å². The number of rotatable bonds is 23. The lowest BCUT2D eigenvalue weighted by atomic mass is 10.0. The van der Waals surface area contributed by atoms with Crippen LogP contribution in [0.4, 0.5) is 0 Å². The van der Waals surface area contributed by atoms with Gasteiger partial charge in [0.15, 0.2) is 0 Å². The Bertz CT molecular complexity index is 265. The van der Waals surface area contributed by atoms with Crippen molar-refractivity contribution in [2.24, 2.45) is 0 Å². The molecule has 27 heavy (non-hydrogen) atoms. The van der Waals surface area contributed by atoms with Crippen molar-refractivity contribution >= 4 is 0 Å². The summed E-state index contributed by atoms with van der Waals surface area (Å²) in [5.74, 6) is 0. The Morgan fingerprint density at radius 3 is 0.778 bits per heavy atom. The predicted molar refractivity (Wildman–Crippen MR) is 127 cm³/mol. The molecular weight excluding hydrogens is 324 g/mol. The average Bonchev–Trinajstić information content (AvgIpc) is 2.68. The quantitative estimate of drug-likeness (QED) is 0.122. The van der Waals surface area contributed by atoms with Crippen LogP contribution in [0.2, 0.25) is 0 Å². The van der Waals surface area contributed by atoms with Gasteiger partial charge in [-0.2, -0.15) is 0 Å². The molecule has 0 heteroatoms. The smallest absolute Gasteiger partial charge is 0.0351 e. The average molecular weight is 379 g/mol. The second-order valence-electron chi connectivity index (χ2n) is 8.77. The van der Waals surface area contributed by atoms with Crippen LogP contribution in [-0.2, 0) is 0 Å². The molecule has 0 aromatic heterocycles. The Morgan fingerprint density at radius 2 is 0.519 bits per heavy atom. The van der Waals surface area contributed by atoms with Crippen LogP contribution < -0.4 is 0 Å². The van der Waals surface area contributed by atoms with E-state index in [2.05, 4.69) is 26.0 Å². The van der Waals surface area contributed by atoms with Gasteiger partial charge in [0.25, 0.3) is 0 Å². The van der Waals surface area contributed by atoms with Crippen LogP contribution in [0.1, 0.15) is 162 Å². The summed E-state index contributed by atoms with van der Waals surface area (Å²) in [7, 11) is 0. The van der Waals surface area contributed by atoms with E-state index in [-0.39, 0.29) is 0 Å². The maximum Gasteiger partial charge on any atom is -0.0351 e. The molecule has 0 aliphatic rings. The van der Waals surface area contributed by atoms with Gasteiger partial charge in [0.2, 0.25) is 0 Å². The molecule has 0 saturated heterocycles. The van der Waals surface area contributed by atoms with Crippen LogP contribution in [0.3, 0.4) is 0 Å². The maximum atomic E-state index is 2.44. The summed E-state index contributed by atoms with van der Waals surface area (Å²) in [5.41, 5.74) is 0. The Hall–Kier alpha value is -0.260. The largest absolute Gasteiger partial charge is 0.0885 e. The van der Waals surface area contributed by atoms with Crippen molar-refractivity contribution in [3.05, 3.63) is 12.2 Å². The van der Waals surface area contributed by atoms with Crippen molar-refractivity contribution < 1.29 is 0 Å². The van der Waals surface area contributed by atoms with E-state index in [1.54, 1.807) is 0 Å². The predicted octanol–water partition coefficient (Wildman–Crippen LogP) is 10.6. The van der Waals surface area contributed by atoms with Crippen LogP contribution in [0, 0.1) is 0 Å². The highest BCUT2D eigenvalue weighted by atomic mass is 14.0. The summed E-state index contributed by atoms with van der Waals surface area (Å²) in [5, 5.41) is 0. The van der Waals surface area contributed by atoms with Crippen molar-refractivity contribution in [2.45, 2.75) is 162 Å². The van der Waals surface area contributed by atoms with Crippen LogP contribution >= 0.6 is 0 Å². The Morgan fingerprint density at radius 1 is 0.296 bits per heavy atom. The van der Waals surface area contributed by atoms with Gasteiger partial charge in [0, 0.05) is 0 Å². The summed E-state index contributed by atoms with van der Waals surface area (Å²) < 4.78 is 0. The van der Waals surface area contributed by atoms with E-state index in [0.29, 0.717) is 0 Å². The fraction of sp³-hybridized carbons (Fsp3) is 0.926. The van der Waals surface area contributed by atoms with Crippen molar-refractivity contribution in [3.8, 4) is 0 Å². The minimum atomic E-state index is 1.31. The Balaban J connectivity index is 3.03. The number of hydrogen-bond acceptors (Lipinski definition) is 0. The summed E-state index contributed by atoms with van der Waals surface area (Å²) in [4.78, 5) is 0. The monoisotopic (exact) mass is 378 g/mol. The molecule has 0 atom stereocenters. The van der Waals surface area contributed by atoms with Gasteiger partial charge >= 0.3 is 0 Å². The van der Waals surface area contributed by atoms with E-state index in [9.17, 15) is 0 Å². The fourth-order valence-electron chi connectivity index (χ4n) is 3.91. The van der Waals surface area contributed by atoms with Gasteiger partial charge in [-0.3, -0.25) is 0 Å². The van der Waals surface area contributed by atoms with E-state index in [1.165, 1.54) is 148 Å². The zero-order chi connectivity index (χ0) is 19.7. The van der Waals surface area contributed by atoms with E-state index in [4.69, 9.17) is 0 Å². The first kappa shape index (κ1) is 26.7. The zero-order valence-corrected chi connectivity index (χ0v) is 19.4. The van der Waals surface area contributed by atoms with Gasteiger partial charge in [-0.1, -0.05) is 148 Å². The van der Waals surface area contributed by atoms with E-state index in [1.807, 2.05) is 0 Å². The molecule has 0 aliphatic carbocycles. The van der Waals surface area contributed by atoms with E-state index >= 15 is 0 Å². The second kappa shape index (κ2) is 25.7. The summed E-state index contributed by atoms with van der Waals surface area (Å²) >= 11 is 0. The van der Waals surface area contributed by atoms with Crippen LogP contribution in [0.15, 0.2) is 12.2 Å². The maximum absolute atomic E-state index is 2.44. The topological polar surface area (TPSA) is 0 Å². The third-order valence-corrected chi connectivity index (χ3v) is 5.87. The lowest BCUT2D eigenvalue weighted by Crippen LogP contribution is -1.83. The highest BCUT2D eigenvalue weighted by Crippen LogP contribution is 2.14. The third-order valence-electron chi connectivity index (χ3n) is 5.87. The van der Waals surface area contributed by atoms with Crippen LogP contribution in [0.25, 0.3) is 0 Å². The van der Waals surface area contributed by atoms with Crippen molar-refractivity contribution in [2.75, 3.05) is 0 Å². The van der Waals surface area contributed by atoms with Crippen LogP contribution in [0.5, 0.6) is 0 Å². The molecule has 0 aromatic rings. The number of unbranched alkanes of at least 4 members (excludes halogenated alkanes) is 21. The highest BCUT2D eigenvalue weighted by molar-refractivity contribution is 4.81. The minimum absolute atomic E-state index is 1.31. The van der Waals surface area contributed by atoms with Gasteiger partial charge in [-0.25, -0.2) is 0 Å². The zero-order valence-electron chi connectivity index (χ0n) is 19.4. The van der Waals surface area contributed by atoms with E-state index in [0.717, 1.165) is 0 Å².